The first-order chi connectivity index (χ1) is 7.84. The molecule has 0 bridgehead atoms. The van der Waals surface area contributed by atoms with Gasteiger partial charge in [-0.2, -0.15) is 0 Å². The first-order valence-corrected chi connectivity index (χ1v) is 6.28. The van der Waals surface area contributed by atoms with E-state index in [9.17, 15) is 4.91 Å². The lowest BCUT2D eigenvalue weighted by molar-refractivity contribution is 0.280. The maximum absolute atomic E-state index is 10.6. The normalized spacial score (nSPS) is 13.8. The maximum atomic E-state index is 10.6. The summed E-state index contributed by atoms with van der Waals surface area (Å²) in [5, 5.41) is 3.02. The van der Waals surface area contributed by atoms with Crippen molar-refractivity contribution in [1.82, 2.24) is 0 Å². The van der Waals surface area contributed by atoms with Crippen LogP contribution in [0.1, 0.15) is 52.5 Å². The molecule has 0 saturated heterocycles. The van der Waals surface area contributed by atoms with E-state index >= 15 is 0 Å². The molecule has 1 unspecified atom stereocenters. The van der Waals surface area contributed by atoms with Crippen molar-refractivity contribution >= 4 is 5.69 Å². The van der Waals surface area contributed by atoms with Crippen LogP contribution in [0.3, 0.4) is 0 Å². The number of hydrogen-bond acceptors (Lipinski definition) is 2. The highest BCUT2D eigenvalue weighted by molar-refractivity contribution is 5.41. The molecule has 0 amide bonds. The van der Waals surface area contributed by atoms with Crippen LogP contribution in [0.25, 0.3) is 0 Å². The second-order valence-corrected chi connectivity index (χ2v) is 6.23. The molecule has 94 valence electrons. The maximum Gasteiger partial charge on any atom is 0.108 e. The van der Waals surface area contributed by atoms with Gasteiger partial charge in [-0.1, -0.05) is 46.8 Å². The molecule has 0 heterocycles. The van der Waals surface area contributed by atoms with E-state index in [2.05, 4.69) is 45.9 Å². The minimum absolute atomic E-state index is 0.200. The predicted molar refractivity (Wildman–Crippen MR) is 73.5 cm³/mol. The summed E-state index contributed by atoms with van der Waals surface area (Å²) in [6.07, 6.45) is 1.13. The smallest absolute Gasteiger partial charge is 0.108 e. The van der Waals surface area contributed by atoms with Gasteiger partial charge in [0.25, 0.3) is 0 Å². The summed E-state index contributed by atoms with van der Waals surface area (Å²) in [5.74, 6) is 1.11. The van der Waals surface area contributed by atoms with Gasteiger partial charge in [0.2, 0.25) is 0 Å². The quantitative estimate of drug-likeness (QED) is 0.652. The van der Waals surface area contributed by atoms with Crippen molar-refractivity contribution < 1.29 is 0 Å². The molecule has 0 aliphatic rings. The highest BCUT2D eigenvalue weighted by Crippen LogP contribution is 2.40. The molecule has 0 spiro atoms. The van der Waals surface area contributed by atoms with E-state index in [4.69, 9.17) is 0 Å². The first kappa shape index (κ1) is 13.9. The third-order valence-corrected chi connectivity index (χ3v) is 3.13. The molecule has 0 aliphatic heterocycles. The van der Waals surface area contributed by atoms with Gasteiger partial charge in [-0.15, -0.1) is 4.91 Å². The number of nitrogens with zero attached hydrogens (tertiary/aromatic N) is 1. The Kier molecular flexibility index (Phi) is 4.44. The summed E-state index contributed by atoms with van der Waals surface area (Å²) in [4.78, 5) is 10.6. The van der Waals surface area contributed by atoms with Gasteiger partial charge >= 0.3 is 0 Å². The third-order valence-electron chi connectivity index (χ3n) is 3.13. The van der Waals surface area contributed by atoms with Crippen molar-refractivity contribution in [1.29, 1.82) is 0 Å². The Morgan fingerprint density at radius 3 is 2.35 bits per heavy atom. The molecule has 0 fully saturated rings. The van der Waals surface area contributed by atoms with Crippen molar-refractivity contribution in [2.24, 2.45) is 16.5 Å². The fraction of sp³-hybridized carbons (Fsp3) is 0.600. The molecule has 0 aromatic heterocycles. The van der Waals surface area contributed by atoms with Crippen molar-refractivity contribution in [3.63, 3.8) is 0 Å². The van der Waals surface area contributed by atoms with Gasteiger partial charge in [0.1, 0.15) is 5.69 Å². The molecule has 1 atom stereocenters. The van der Waals surface area contributed by atoms with Crippen LogP contribution in [-0.4, -0.2) is 0 Å². The lowest BCUT2D eigenvalue weighted by Crippen LogP contribution is -2.20. The van der Waals surface area contributed by atoms with E-state index in [-0.39, 0.29) is 5.41 Å². The molecule has 1 aromatic carbocycles. The Bertz CT molecular complexity index is 377. The molecule has 0 N–H and O–H groups in total. The fourth-order valence-corrected chi connectivity index (χ4v) is 2.26. The van der Waals surface area contributed by atoms with Crippen molar-refractivity contribution in [3.05, 3.63) is 34.7 Å². The zero-order chi connectivity index (χ0) is 13.1. The van der Waals surface area contributed by atoms with Crippen molar-refractivity contribution in [2.75, 3.05) is 0 Å². The summed E-state index contributed by atoms with van der Waals surface area (Å²) in [6.45, 7) is 11.2. The Morgan fingerprint density at radius 2 is 1.88 bits per heavy atom. The highest BCUT2D eigenvalue weighted by Gasteiger charge is 2.27. The third kappa shape index (κ3) is 3.95. The number of hydrogen-bond donors (Lipinski definition) is 0. The minimum atomic E-state index is 0.200. The summed E-state index contributed by atoms with van der Waals surface area (Å²) in [7, 11) is 0. The van der Waals surface area contributed by atoms with Crippen molar-refractivity contribution in [2.45, 2.75) is 47.0 Å². The molecule has 0 radical (unpaired) electrons. The molecule has 17 heavy (non-hydrogen) atoms. The standard InChI is InChI=1S/C15H23NO/c1-11(2)9-14(15(3,4)5)12-7-6-8-13(10-12)16-17/h6-8,10-11,14H,9H2,1-5H3. The molecule has 2 heteroatoms. The van der Waals surface area contributed by atoms with E-state index in [1.807, 2.05) is 12.1 Å². The van der Waals surface area contributed by atoms with Crippen LogP contribution >= 0.6 is 0 Å². The van der Waals surface area contributed by atoms with E-state index < -0.39 is 0 Å². The molecule has 0 aliphatic carbocycles. The Hall–Kier alpha value is -1.18. The zero-order valence-corrected chi connectivity index (χ0v) is 11.5. The van der Waals surface area contributed by atoms with Gasteiger partial charge < -0.3 is 0 Å². The topological polar surface area (TPSA) is 29.4 Å². The molecular formula is C15H23NO. The summed E-state index contributed by atoms with van der Waals surface area (Å²) in [5.41, 5.74) is 1.95. The number of rotatable bonds is 4. The van der Waals surface area contributed by atoms with Crippen LogP contribution in [0, 0.1) is 16.2 Å². The Balaban J connectivity index is 3.08. The summed E-state index contributed by atoms with van der Waals surface area (Å²) < 4.78 is 0. The van der Waals surface area contributed by atoms with E-state index in [1.54, 1.807) is 6.07 Å². The monoisotopic (exact) mass is 233 g/mol. The van der Waals surface area contributed by atoms with Gasteiger partial charge in [0.15, 0.2) is 0 Å². The molecular weight excluding hydrogens is 210 g/mol. The van der Waals surface area contributed by atoms with Crippen LogP contribution in [0.2, 0.25) is 0 Å². The lowest BCUT2D eigenvalue weighted by atomic mass is 9.72. The van der Waals surface area contributed by atoms with E-state index in [0.717, 1.165) is 6.42 Å². The lowest BCUT2D eigenvalue weighted by Gasteiger charge is -2.32. The van der Waals surface area contributed by atoms with Gasteiger partial charge in [0.05, 0.1) is 0 Å². The molecule has 2 nitrogen and oxygen atoms in total. The van der Waals surface area contributed by atoms with Gasteiger partial charge in [0, 0.05) is 0 Å². The Morgan fingerprint density at radius 1 is 1.24 bits per heavy atom. The van der Waals surface area contributed by atoms with Crippen LogP contribution in [0.4, 0.5) is 5.69 Å². The zero-order valence-electron chi connectivity index (χ0n) is 11.5. The van der Waals surface area contributed by atoms with Gasteiger partial charge in [-0.25, -0.2) is 0 Å². The molecule has 1 aromatic rings. The molecule has 1 rings (SSSR count). The fourth-order valence-electron chi connectivity index (χ4n) is 2.26. The first-order valence-electron chi connectivity index (χ1n) is 6.28. The van der Waals surface area contributed by atoms with Crippen LogP contribution in [-0.2, 0) is 0 Å². The van der Waals surface area contributed by atoms with Crippen molar-refractivity contribution in [3.8, 4) is 0 Å². The van der Waals surface area contributed by atoms with Gasteiger partial charge in [-0.3, -0.25) is 0 Å². The predicted octanol–water partition coefficient (Wildman–Crippen LogP) is 5.26. The molecule has 0 saturated carbocycles. The van der Waals surface area contributed by atoms with E-state index in [1.165, 1.54) is 5.56 Å². The largest absolute Gasteiger partial charge is 0.145 e. The average molecular weight is 233 g/mol. The minimum Gasteiger partial charge on any atom is -0.145 e. The van der Waals surface area contributed by atoms with Crippen LogP contribution in [0.15, 0.2) is 29.4 Å². The summed E-state index contributed by atoms with van der Waals surface area (Å²) >= 11 is 0. The SMILES string of the molecule is CC(C)CC(c1cccc(N=O)c1)C(C)(C)C. The van der Waals surface area contributed by atoms with Crippen LogP contribution < -0.4 is 0 Å². The number of benzene rings is 1. The van der Waals surface area contributed by atoms with Crippen LogP contribution in [0.5, 0.6) is 0 Å². The highest BCUT2D eigenvalue weighted by atomic mass is 16.3. The Labute approximate surface area is 104 Å². The second kappa shape index (κ2) is 5.44. The average Bonchev–Trinajstić information content (AvgIpc) is 2.24. The second-order valence-electron chi connectivity index (χ2n) is 6.23. The van der Waals surface area contributed by atoms with Gasteiger partial charge in [-0.05, 0) is 46.5 Å². The number of nitroso groups, excluding NO2 is 1. The van der Waals surface area contributed by atoms with E-state index in [0.29, 0.717) is 17.5 Å². The summed E-state index contributed by atoms with van der Waals surface area (Å²) in [6, 6.07) is 7.70.